The molecule has 0 saturated heterocycles. The van der Waals surface area contributed by atoms with Crippen LogP contribution in [0.15, 0.2) is 46.8 Å². The number of carbonyl (C=O) groups is 1. The Morgan fingerprint density at radius 3 is 2.55 bits per heavy atom. The summed E-state index contributed by atoms with van der Waals surface area (Å²) in [6, 6.07) is 12.8. The second kappa shape index (κ2) is 10.2. The van der Waals surface area contributed by atoms with Crippen molar-refractivity contribution in [1.82, 2.24) is 10.3 Å². The number of amides is 1. The number of hydrogen-bond acceptors (Lipinski definition) is 4. The average molecular weight is 486 g/mol. The number of benzene rings is 2. The largest absolute Gasteiger partial charge is 0.349 e. The van der Waals surface area contributed by atoms with Gasteiger partial charge in [0.1, 0.15) is 0 Å². The molecule has 1 heterocycles. The highest BCUT2D eigenvalue weighted by atomic mass is 35.5. The SMILES string of the molecule is Cc1nc(SCC(=O)NC(C)c2ccc(Cl)cc2)sc1Cc1cc(Cl)ccc1Cl. The Labute approximate surface area is 193 Å². The Balaban J connectivity index is 1.57. The van der Waals surface area contributed by atoms with Crippen LogP contribution in [0.2, 0.25) is 15.1 Å². The summed E-state index contributed by atoms with van der Waals surface area (Å²) in [7, 11) is 0. The fourth-order valence-electron chi connectivity index (χ4n) is 2.72. The molecule has 1 unspecified atom stereocenters. The smallest absolute Gasteiger partial charge is 0.230 e. The zero-order valence-electron chi connectivity index (χ0n) is 15.8. The first kappa shape index (κ1) is 22.4. The molecule has 0 bridgehead atoms. The van der Waals surface area contributed by atoms with E-state index in [9.17, 15) is 4.79 Å². The molecule has 1 amide bonds. The molecule has 1 aromatic heterocycles. The van der Waals surface area contributed by atoms with Crippen molar-refractivity contribution in [2.75, 3.05) is 5.75 Å². The number of aromatic nitrogens is 1. The van der Waals surface area contributed by atoms with Gasteiger partial charge in [0, 0.05) is 26.4 Å². The van der Waals surface area contributed by atoms with Crippen molar-refractivity contribution in [2.45, 2.75) is 30.6 Å². The van der Waals surface area contributed by atoms with Gasteiger partial charge < -0.3 is 5.32 Å². The van der Waals surface area contributed by atoms with E-state index in [0.29, 0.717) is 27.2 Å². The molecule has 3 nitrogen and oxygen atoms in total. The first-order chi connectivity index (χ1) is 13.8. The van der Waals surface area contributed by atoms with E-state index in [2.05, 4.69) is 10.3 Å². The first-order valence-corrected chi connectivity index (χ1v) is 11.8. The molecule has 3 aromatic rings. The van der Waals surface area contributed by atoms with E-state index in [1.165, 1.54) is 11.8 Å². The molecule has 29 heavy (non-hydrogen) atoms. The molecule has 8 heteroatoms. The zero-order valence-corrected chi connectivity index (χ0v) is 19.7. The van der Waals surface area contributed by atoms with Crippen molar-refractivity contribution in [3.8, 4) is 0 Å². The Hall–Kier alpha value is -1.24. The van der Waals surface area contributed by atoms with Crippen LogP contribution < -0.4 is 5.32 Å². The summed E-state index contributed by atoms with van der Waals surface area (Å²) in [5.41, 5.74) is 2.93. The minimum atomic E-state index is -0.0843. The lowest BCUT2D eigenvalue weighted by molar-refractivity contribution is -0.119. The molecular formula is C21H19Cl3N2OS2. The number of aryl methyl sites for hydroxylation is 1. The quantitative estimate of drug-likeness (QED) is 0.367. The van der Waals surface area contributed by atoms with Crippen LogP contribution in [0.1, 0.15) is 34.7 Å². The number of carbonyl (C=O) groups excluding carboxylic acids is 1. The minimum Gasteiger partial charge on any atom is -0.349 e. The lowest BCUT2D eigenvalue weighted by atomic mass is 10.1. The molecule has 1 N–H and O–H groups in total. The van der Waals surface area contributed by atoms with E-state index in [1.807, 2.05) is 44.2 Å². The summed E-state index contributed by atoms with van der Waals surface area (Å²) in [5.74, 6) is 0.271. The van der Waals surface area contributed by atoms with Gasteiger partial charge in [0.2, 0.25) is 5.91 Å². The topological polar surface area (TPSA) is 42.0 Å². The van der Waals surface area contributed by atoms with Gasteiger partial charge in [0.15, 0.2) is 4.34 Å². The van der Waals surface area contributed by atoms with Crippen LogP contribution in [0.5, 0.6) is 0 Å². The Bertz CT molecular complexity index is 1010. The Kier molecular flexibility index (Phi) is 7.88. The number of rotatable bonds is 7. The van der Waals surface area contributed by atoms with Crippen LogP contribution in [-0.4, -0.2) is 16.6 Å². The molecule has 0 aliphatic rings. The highest BCUT2D eigenvalue weighted by Gasteiger charge is 2.14. The molecule has 0 fully saturated rings. The molecule has 0 spiro atoms. The maximum Gasteiger partial charge on any atom is 0.230 e. The van der Waals surface area contributed by atoms with E-state index in [0.717, 1.165) is 26.0 Å². The summed E-state index contributed by atoms with van der Waals surface area (Å²) in [5, 5.41) is 5.03. The average Bonchev–Trinajstić information content (AvgIpc) is 3.03. The molecule has 152 valence electrons. The minimum absolute atomic E-state index is 0.0373. The third-order valence-corrected chi connectivity index (χ3v) is 7.46. The zero-order chi connectivity index (χ0) is 21.0. The van der Waals surface area contributed by atoms with Gasteiger partial charge in [-0.2, -0.15) is 0 Å². The van der Waals surface area contributed by atoms with E-state index in [1.54, 1.807) is 23.5 Å². The highest BCUT2D eigenvalue weighted by Crippen LogP contribution is 2.31. The van der Waals surface area contributed by atoms with Crippen LogP contribution in [0, 0.1) is 6.92 Å². The number of thiazole rings is 1. The Morgan fingerprint density at radius 1 is 1.14 bits per heavy atom. The van der Waals surface area contributed by atoms with Crippen LogP contribution in [0.3, 0.4) is 0 Å². The lowest BCUT2D eigenvalue weighted by Crippen LogP contribution is -2.28. The monoisotopic (exact) mass is 484 g/mol. The predicted molar refractivity (Wildman–Crippen MR) is 125 cm³/mol. The molecular weight excluding hydrogens is 467 g/mol. The molecule has 0 radical (unpaired) electrons. The van der Waals surface area contributed by atoms with Crippen molar-refractivity contribution in [1.29, 1.82) is 0 Å². The summed E-state index contributed by atoms with van der Waals surface area (Å²) in [6.45, 7) is 3.92. The van der Waals surface area contributed by atoms with Crippen molar-refractivity contribution < 1.29 is 4.79 Å². The van der Waals surface area contributed by atoms with Gasteiger partial charge >= 0.3 is 0 Å². The third-order valence-electron chi connectivity index (χ3n) is 4.31. The third kappa shape index (κ3) is 6.37. The summed E-state index contributed by atoms with van der Waals surface area (Å²) in [4.78, 5) is 18.0. The van der Waals surface area contributed by atoms with Crippen molar-refractivity contribution in [2.24, 2.45) is 0 Å². The second-order valence-electron chi connectivity index (χ2n) is 6.53. The number of hydrogen-bond donors (Lipinski definition) is 1. The molecule has 2 aromatic carbocycles. The predicted octanol–water partition coefficient (Wildman–Crippen LogP) is 6.97. The van der Waals surface area contributed by atoms with Gasteiger partial charge in [-0.3, -0.25) is 4.79 Å². The van der Waals surface area contributed by atoms with Gasteiger partial charge in [-0.1, -0.05) is 58.7 Å². The molecule has 0 aliphatic carbocycles. The van der Waals surface area contributed by atoms with Gasteiger partial charge in [-0.15, -0.1) is 11.3 Å². The van der Waals surface area contributed by atoms with Gasteiger partial charge in [0.25, 0.3) is 0 Å². The number of halogens is 3. The van der Waals surface area contributed by atoms with E-state index in [-0.39, 0.29) is 11.9 Å². The number of thioether (sulfide) groups is 1. The van der Waals surface area contributed by atoms with E-state index < -0.39 is 0 Å². The second-order valence-corrected chi connectivity index (χ2v) is 10.1. The summed E-state index contributed by atoms with van der Waals surface area (Å²) < 4.78 is 0.866. The fourth-order valence-corrected chi connectivity index (χ4v) is 5.30. The van der Waals surface area contributed by atoms with Crippen LogP contribution >= 0.6 is 57.9 Å². The fraction of sp³-hybridized carbons (Fsp3) is 0.238. The normalized spacial score (nSPS) is 12.0. The van der Waals surface area contributed by atoms with Crippen molar-refractivity contribution in [3.63, 3.8) is 0 Å². The summed E-state index contributed by atoms with van der Waals surface area (Å²) >= 11 is 21.3. The molecule has 0 saturated carbocycles. The van der Waals surface area contributed by atoms with Crippen LogP contribution in [0.4, 0.5) is 0 Å². The van der Waals surface area contributed by atoms with Crippen molar-refractivity contribution in [3.05, 3.63) is 79.2 Å². The molecule has 3 rings (SSSR count). The maximum absolute atomic E-state index is 12.3. The standard InChI is InChI=1S/C21H19Cl3N2OS2/c1-12(14-3-5-16(22)6-4-14)25-20(27)11-28-21-26-13(2)19(29-21)10-15-9-17(23)7-8-18(15)24/h3-9,12H,10-11H2,1-2H3,(H,25,27). The molecule has 0 aliphatic heterocycles. The first-order valence-electron chi connectivity index (χ1n) is 8.89. The van der Waals surface area contributed by atoms with Crippen molar-refractivity contribution >= 4 is 63.8 Å². The number of nitrogens with zero attached hydrogens (tertiary/aromatic N) is 1. The molecule has 1 atom stereocenters. The van der Waals surface area contributed by atoms with E-state index in [4.69, 9.17) is 34.8 Å². The van der Waals surface area contributed by atoms with E-state index >= 15 is 0 Å². The van der Waals surface area contributed by atoms with Gasteiger partial charge in [-0.25, -0.2) is 4.98 Å². The Morgan fingerprint density at radius 2 is 1.83 bits per heavy atom. The highest BCUT2D eigenvalue weighted by molar-refractivity contribution is 8.01. The van der Waals surface area contributed by atoms with Crippen LogP contribution in [-0.2, 0) is 11.2 Å². The maximum atomic E-state index is 12.3. The lowest BCUT2D eigenvalue weighted by Gasteiger charge is -2.14. The number of nitrogens with one attached hydrogen (secondary N) is 1. The van der Waals surface area contributed by atoms with Gasteiger partial charge in [-0.05, 0) is 55.3 Å². The van der Waals surface area contributed by atoms with Crippen LogP contribution in [0.25, 0.3) is 0 Å². The van der Waals surface area contributed by atoms with Gasteiger partial charge in [0.05, 0.1) is 17.5 Å². The summed E-state index contributed by atoms with van der Waals surface area (Å²) in [6.07, 6.45) is 0.670.